The van der Waals surface area contributed by atoms with Crippen LogP contribution in [0, 0.1) is 5.92 Å². The van der Waals surface area contributed by atoms with Gasteiger partial charge in [0.1, 0.15) is 30.2 Å². The predicted molar refractivity (Wildman–Crippen MR) is 205 cm³/mol. The average molecular weight is 853 g/mol. The van der Waals surface area contributed by atoms with Gasteiger partial charge in [-0.1, -0.05) is 13.0 Å². The minimum atomic E-state index is -2.10. The fourth-order valence-electron chi connectivity index (χ4n) is 7.46. The molecule has 15 N–H and O–H groups in total. The van der Waals surface area contributed by atoms with Gasteiger partial charge in [-0.2, -0.15) is 0 Å². The molecule has 60 heavy (non-hydrogen) atoms. The molecule has 0 aromatic heterocycles. The standard InChI is InChI=1S/C37H56N8O15/c1-4-60-25-8-17(5-6-22(25)49)7-23(50)28-34(56)43-29(24(51)11-26(39)52)37(59)45-13-15(2)31(53)30(45)35(57)40-12-18(47)9-20(38)32(54)41-27(16(3)46)36(58)44-14-19(48)10-21(44)33(55)42-28/h5-6,8,15-16,18-21,23-24,27-31,46-51,53H,4,7,9-14,38H2,1-3H3,(H2,39,52)(H,40,57)(H,41,54)(H,42,55)(H,43,56)/t15-,16+,18+,19+,20-,21-,23+,24+,27-,28-,29-,30-,31-/m0/s1. The van der Waals surface area contributed by atoms with Crippen LogP contribution < -0.4 is 37.5 Å². The molecule has 0 radical (unpaired) electrons. The molecule has 3 aliphatic rings. The lowest BCUT2D eigenvalue weighted by molar-refractivity contribution is -0.147. The summed E-state index contributed by atoms with van der Waals surface area (Å²) in [4.78, 5) is 96.9. The highest BCUT2D eigenvalue weighted by atomic mass is 16.5. The molecule has 4 rings (SSSR count). The van der Waals surface area contributed by atoms with Crippen LogP contribution in [0.2, 0.25) is 0 Å². The number of benzene rings is 1. The first kappa shape index (κ1) is 47.5. The third kappa shape index (κ3) is 11.3. The molecule has 23 heteroatoms. The summed E-state index contributed by atoms with van der Waals surface area (Å²) in [6.07, 6.45) is -12.2. The average Bonchev–Trinajstić information content (AvgIpc) is 3.71. The summed E-state index contributed by atoms with van der Waals surface area (Å²) < 4.78 is 5.41. The zero-order valence-corrected chi connectivity index (χ0v) is 33.3. The van der Waals surface area contributed by atoms with Crippen LogP contribution in [0.15, 0.2) is 18.2 Å². The molecule has 3 heterocycles. The smallest absolute Gasteiger partial charge is 0.248 e. The van der Waals surface area contributed by atoms with Gasteiger partial charge in [0.15, 0.2) is 11.5 Å². The number of ether oxygens (including phenoxy) is 1. The summed E-state index contributed by atoms with van der Waals surface area (Å²) in [6.45, 7) is 3.10. The first-order valence-electron chi connectivity index (χ1n) is 19.5. The van der Waals surface area contributed by atoms with Gasteiger partial charge in [0.2, 0.25) is 41.4 Å². The highest BCUT2D eigenvalue weighted by Crippen LogP contribution is 2.29. The van der Waals surface area contributed by atoms with E-state index >= 15 is 0 Å². The van der Waals surface area contributed by atoms with Gasteiger partial charge in [-0.05, 0) is 38.0 Å². The monoisotopic (exact) mass is 852 g/mol. The number of nitrogens with one attached hydrogen (secondary N) is 4. The number of aliphatic hydroxyl groups excluding tert-OH is 6. The molecule has 1 aromatic carbocycles. The van der Waals surface area contributed by atoms with E-state index in [9.17, 15) is 69.3 Å². The van der Waals surface area contributed by atoms with Crippen LogP contribution in [0.4, 0.5) is 0 Å². The Morgan fingerprint density at radius 1 is 0.850 bits per heavy atom. The maximum Gasteiger partial charge on any atom is 0.248 e. The molecule has 13 atom stereocenters. The maximum atomic E-state index is 14.3. The van der Waals surface area contributed by atoms with Crippen molar-refractivity contribution in [2.45, 2.75) is 119 Å². The van der Waals surface area contributed by atoms with Gasteiger partial charge >= 0.3 is 0 Å². The summed E-state index contributed by atoms with van der Waals surface area (Å²) in [7, 11) is 0. The summed E-state index contributed by atoms with van der Waals surface area (Å²) in [5, 5.41) is 85.2. The van der Waals surface area contributed by atoms with Gasteiger partial charge in [0.05, 0.1) is 55.7 Å². The number of fused-ring (bicyclic) bond motifs is 2. The molecule has 3 fully saturated rings. The topological polar surface area (TPSA) is 377 Å². The van der Waals surface area contributed by atoms with Gasteiger partial charge in [-0.3, -0.25) is 33.6 Å². The van der Waals surface area contributed by atoms with Crippen molar-refractivity contribution in [1.82, 2.24) is 31.1 Å². The lowest BCUT2D eigenvalue weighted by Gasteiger charge is -2.33. The van der Waals surface area contributed by atoms with Gasteiger partial charge in [0, 0.05) is 38.4 Å². The van der Waals surface area contributed by atoms with Crippen molar-refractivity contribution < 1.29 is 74.0 Å². The molecular weight excluding hydrogens is 796 g/mol. The number of β-amino-alcohol motifs (C(OH)–C–C–N with tert-alkyl or cyclic N) is 1. The number of hydrogen-bond donors (Lipinski definition) is 13. The summed E-state index contributed by atoms with van der Waals surface area (Å²) in [5.74, 6) is -8.83. The number of nitrogens with two attached hydrogens (primary N) is 2. The molecule has 7 amide bonds. The van der Waals surface area contributed by atoms with E-state index in [1.54, 1.807) is 6.92 Å². The van der Waals surface area contributed by atoms with Crippen molar-refractivity contribution >= 4 is 41.4 Å². The van der Waals surface area contributed by atoms with Crippen molar-refractivity contribution in [3.05, 3.63) is 23.8 Å². The van der Waals surface area contributed by atoms with Crippen LogP contribution in [-0.4, -0.2) is 186 Å². The van der Waals surface area contributed by atoms with Crippen LogP contribution in [0.1, 0.15) is 45.6 Å². The Morgan fingerprint density at radius 3 is 2.12 bits per heavy atom. The normalized spacial score (nSPS) is 31.7. The van der Waals surface area contributed by atoms with Crippen molar-refractivity contribution in [2.75, 3.05) is 26.2 Å². The largest absolute Gasteiger partial charge is 0.504 e. The molecule has 3 saturated heterocycles. The highest BCUT2D eigenvalue weighted by Gasteiger charge is 2.49. The minimum absolute atomic E-state index is 0.0211. The van der Waals surface area contributed by atoms with Crippen molar-refractivity contribution in [2.24, 2.45) is 17.4 Å². The molecule has 334 valence electrons. The van der Waals surface area contributed by atoms with E-state index in [2.05, 4.69) is 21.3 Å². The zero-order chi connectivity index (χ0) is 44.7. The number of aliphatic hydroxyl groups is 6. The number of aromatic hydroxyl groups is 1. The lowest BCUT2D eigenvalue weighted by Crippen LogP contribution is -2.64. The highest BCUT2D eigenvalue weighted by molar-refractivity contribution is 5.98. The van der Waals surface area contributed by atoms with Crippen LogP contribution in [-0.2, 0) is 40.0 Å². The number of nitrogens with zero attached hydrogens (tertiary/aromatic N) is 2. The molecule has 1 aromatic rings. The lowest BCUT2D eigenvalue weighted by atomic mass is 9.98. The number of phenolic OH excluding ortho intramolecular Hbond substituents is 1. The van der Waals surface area contributed by atoms with Gasteiger partial charge < -0.3 is 83.0 Å². The SMILES string of the molecule is CCOc1cc(C[C@@H](O)[C@@H]2NC(=O)[C@@H]3C[C@@H](O)CN3C(=O)[C@H]([C@@H](C)O)NC(=O)[C@@H](N)C[C@@H](O)CNC(=O)[C@@H]3[C@@H](O)[C@@H](C)CN3C(=O)[C@H]([C@H](O)CC(N)=O)NC2=O)ccc1O. The quantitative estimate of drug-likeness (QED) is 0.110. The van der Waals surface area contributed by atoms with Crippen molar-refractivity contribution in [3.8, 4) is 11.5 Å². The number of carbonyl (C=O) groups is 7. The van der Waals surface area contributed by atoms with E-state index in [-0.39, 0.29) is 30.2 Å². The fraction of sp³-hybridized carbons (Fsp3) is 0.649. The third-order valence-electron chi connectivity index (χ3n) is 10.7. The molecule has 0 saturated carbocycles. The van der Waals surface area contributed by atoms with E-state index in [0.717, 1.165) is 16.7 Å². The summed E-state index contributed by atoms with van der Waals surface area (Å²) >= 11 is 0. The molecule has 3 aliphatic heterocycles. The summed E-state index contributed by atoms with van der Waals surface area (Å²) in [6, 6.07) is -6.70. The van der Waals surface area contributed by atoms with E-state index in [1.165, 1.54) is 25.1 Å². The Labute approximate surface area is 344 Å². The third-order valence-corrected chi connectivity index (χ3v) is 10.7. The Balaban J connectivity index is 1.82. The van der Waals surface area contributed by atoms with Crippen LogP contribution in [0.5, 0.6) is 11.5 Å². The van der Waals surface area contributed by atoms with Gasteiger partial charge in [-0.15, -0.1) is 0 Å². The molecule has 23 nitrogen and oxygen atoms in total. The van der Waals surface area contributed by atoms with Crippen LogP contribution in [0.25, 0.3) is 0 Å². The van der Waals surface area contributed by atoms with Crippen LogP contribution in [0.3, 0.4) is 0 Å². The van der Waals surface area contributed by atoms with E-state index < -0.39 is 159 Å². The number of primary amides is 1. The Hall–Kier alpha value is -5.17. The van der Waals surface area contributed by atoms with Crippen molar-refractivity contribution in [1.29, 1.82) is 0 Å². The second-order valence-electron chi connectivity index (χ2n) is 15.5. The molecule has 0 aliphatic carbocycles. The summed E-state index contributed by atoms with van der Waals surface area (Å²) in [5.41, 5.74) is 11.6. The number of phenols is 1. The second-order valence-corrected chi connectivity index (χ2v) is 15.5. The Bertz CT molecular complexity index is 1770. The minimum Gasteiger partial charge on any atom is -0.504 e. The van der Waals surface area contributed by atoms with E-state index in [1.807, 2.05) is 0 Å². The Morgan fingerprint density at radius 2 is 1.48 bits per heavy atom. The number of amides is 7. The Kier molecular flexibility index (Phi) is 16.1. The van der Waals surface area contributed by atoms with Gasteiger partial charge in [0.25, 0.3) is 0 Å². The first-order valence-corrected chi connectivity index (χ1v) is 19.5. The van der Waals surface area contributed by atoms with Crippen molar-refractivity contribution in [3.63, 3.8) is 0 Å². The van der Waals surface area contributed by atoms with E-state index in [4.69, 9.17) is 16.2 Å². The number of hydrogen-bond acceptors (Lipinski definition) is 16. The number of rotatable bonds is 9. The van der Waals surface area contributed by atoms with Crippen LogP contribution >= 0.6 is 0 Å². The number of carbonyl (C=O) groups excluding carboxylic acids is 7. The molecular formula is C37H56N8O15. The predicted octanol–water partition coefficient (Wildman–Crippen LogP) is -6.86. The first-order chi connectivity index (χ1) is 28.1. The molecule has 0 spiro atoms. The molecule has 0 unspecified atom stereocenters. The zero-order valence-electron chi connectivity index (χ0n) is 33.3. The maximum absolute atomic E-state index is 14.3. The fourth-order valence-corrected chi connectivity index (χ4v) is 7.46. The van der Waals surface area contributed by atoms with E-state index in [0.29, 0.717) is 0 Å². The van der Waals surface area contributed by atoms with Gasteiger partial charge in [-0.25, -0.2) is 0 Å². The molecule has 0 bridgehead atoms. The second kappa shape index (κ2) is 20.4.